The van der Waals surface area contributed by atoms with Crippen molar-refractivity contribution in [2.45, 2.75) is 68.9 Å². The molecule has 5 atom stereocenters. The van der Waals surface area contributed by atoms with Gasteiger partial charge in [-0.25, -0.2) is 0 Å². The van der Waals surface area contributed by atoms with E-state index in [2.05, 4.69) is 25.6 Å². The highest BCUT2D eigenvalue weighted by atomic mass is 32.2. The van der Waals surface area contributed by atoms with Gasteiger partial charge in [-0.05, 0) is 37.5 Å². The molecule has 2 N–H and O–H groups in total. The van der Waals surface area contributed by atoms with Crippen LogP contribution in [0.5, 0.6) is 0 Å². The molecule has 15 heavy (non-hydrogen) atoms. The van der Waals surface area contributed by atoms with Crippen LogP contribution in [0.15, 0.2) is 0 Å². The lowest BCUT2D eigenvalue weighted by Crippen LogP contribution is -2.27. The maximum Gasteiger partial charge on any atom is 0.00907 e. The molecule has 2 saturated carbocycles. The Labute approximate surface area is 98.6 Å². The second kappa shape index (κ2) is 5.09. The molecule has 0 amide bonds. The van der Waals surface area contributed by atoms with Crippen LogP contribution in [0.1, 0.15) is 52.4 Å². The number of hydrogen-bond donors (Lipinski definition) is 1. The van der Waals surface area contributed by atoms with Gasteiger partial charge in [0.15, 0.2) is 0 Å². The average Bonchev–Trinajstić information content (AvgIpc) is 2.50. The van der Waals surface area contributed by atoms with E-state index in [-0.39, 0.29) is 0 Å². The van der Waals surface area contributed by atoms with Crippen LogP contribution in [-0.4, -0.2) is 16.5 Å². The van der Waals surface area contributed by atoms with Crippen LogP contribution in [0, 0.1) is 11.8 Å². The lowest BCUT2D eigenvalue weighted by atomic mass is 9.90. The van der Waals surface area contributed by atoms with E-state index in [1.54, 1.807) is 0 Å². The Bertz CT molecular complexity index is 207. The molecule has 0 aromatic carbocycles. The van der Waals surface area contributed by atoms with Gasteiger partial charge in [-0.2, -0.15) is 11.8 Å². The number of hydrogen-bond acceptors (Lipinski definition) is 2. The molecule has 0 saturated heterocycles. The van der Waals surface area contributed by atoms with Crippen molar-refractivity contribution in [3.63, 3.8) is 0 Å². The molecule has 0 aromatic rings. The van der Waals surface area contributed by atoms with Crippen molar-refractivity contribution in [2.75, 3.05) is 0 Å². The number of nitrogens with two attached hydrogens (primary N) is 1. The molecular weight excluding hydrogens is 202 g/mol. The summed E-state index contributed by atoms with van der Waals surface area (Å²) in [5, 5.41) is 1.79. The van der Waals surface area contributed by atoms with Crippen LogP contribution in [0.25, 0.3) is 0 Å². The summed E-state index contributed by atoms with van der Waals surface area (Å²) in [6, 6.07) is 0.475. The topological polar surface area (TPSA) is 26.0 Å². The van der Waals surface area contributed by atoms with E-state index in [4.69, 9.17) is 5.73 Å². The van der Waals surface area contributed by atoms with E-state index in [1.165, 1.54) is 38.5 Å². The SMILES string of the molecule is CC1CCCC(SC2CCC(N)C2C)C1. The summed E-state index contributed by atoms with van der Waals surface area (Å²) in [6.45, 7) is 4.76. The first-order valence-corrected chi connectivity index (χ1v) is 7.52. The van der Waals surface area contributed by atoms with Crippen molar-refractivity contribution < 1.29 is 0 Å². The summed E-state index contributed by atoms with van der Waals surface area (Å²) in [4.78, 5) is 0. The first-order chi connectivity index (χ1) is 7.16. The summed E-state index contributed by atoms with van der Waals surface area (Å²) < 4.78 is 0. The molecular formula is C13H25NS. The molecule has 2 aliphatic carbocycles. The zero-order chi connectivity index (χ0) is 10.8. The minimum absolute atomic E-state index is 0.475. The minimum atomic E-state index is 0.475. The number of rotatable bonds is 2. The van der Waals surface area contributed by atoms with Gasteiger partial charge in [0, 0.05) is 16.5 Å². The molecule has 2 heteroatoms. The fourth-order valence-electron chi connectivity index (χ4n) is 3.10. The van der Waals surface area contributed by atoms with Crippen molar-refractivity contribution in [3.05, 3.63) is 0 Å². The van der Waals surface area contributed by atoms with Crippen LogP contribution in [0.2, 0.25) is 0 Å². The molecule has 2 aliphatic rings. The highest BCUT2D eigenvalue weighted by Gasteiger charge is 2.33. The molecule has 0 spiro atoms. The van der Waals surface area contributed by atoms with Crippen LogP contribution in [0.4, 0.5) is 0 Å². The molecule has 0 radical (unpaired) electrons. The Balaban J connectivity index is 1.81. The van der Waals surface area contributed by atoms with Crippen molar-refractivity contribution in [1.82, 2.24) is 0 Å². The zero-order valence-electron chi connectivity index (χ0n) is 10.1. The lowest BCUT2D eigenvalue weighted by Gasteiger charge is -2.30. The standard InChI is InChI=1S/C13H25NS/c1-9-4-3-5-11(8-9)15-13-7-6-12(14)10(13)2/h9-13H,3-8,14H2,1-2H3. The van der Waals surface area contributed by atoms with Crippen molar-refractivity contribution in [1.29, 1.82) is 0 Å². The second-order valence-corrected chi connectivity index (χ2v) is 7.21. The Morgan fingerprint density at radius 2 is 1.87 bits per heavy atom. The maximum atomic E-state index is 6.09. The smallest absolute Gasteiger partial charge is 0.00907 e. The van der Waals surface area contributed by atoms with Gasteiger partial charge >= 0.3 is 0 Å². The van der Waals surface area contributed by atoms with E-state index < -0.39 is 0 Å². The first-order valence-electron chi connectivity index (χ1n) is 6.58. The monoisotopic (exact) mass is 227 g/mol. The van der Waals surface area contributed by atoms with Gasteiger partial charge in [0.1, 0.15) is 0 Å². The number of thioether (sulfide) groups is 1. The molecule has 2 rings (SSSR count). The van der Waals surface area contributed by atoms with E-state index in [0.29, 0.717) is 6.04 Å². The van der Waals surface area contributed by atoms with Gasteiger partial charge in [0.05, 0.1) is 0 Å². The van der Waals surface area contributed by atoms with Gasteiger partial charge < -0.3 is 5.73 Å². The highest BCUT2D eigenvalue weighted by Crippen LogP contribution is 2.41. The van der Waals surface area contributed by atoms with Gasteiger partial charge in [-0.3, -0.25) is 0 Å². The molecule has 5 unspecified atom stereocenters. The molecule has 2 fully saturated rings. The Morgan fingerprint density at radius 3 is 2.47 bits per heavy atom. The predicted octanol–water partition coefficient (Wildman–Crippen LogP) is 3.42. The average molecular weight is 227 g/mol. The minimum Gasteiger partial charge on any atom is -0.327 e. The largest absolute Gasteiger partial charge is 0.327 e. The molecule has 0 heterocycles. The molecule has 88 valence electrons. The van der Waals surface area contributed by atoms with E-state index in [9.17, 15) is 0 Å². The van der Waals surface area contributed by atoms with Crippen LogP contribution >= 0.6 is 11.8 Å². The summed E-state index contributed by atoms with van der Waals surface area (Å²) in [6.07, 6.45) is 8.42. The Hall–Kier alpha value is 0.310. The summed E-state index contributed by atoms with van der Waals surface area (Å²) in [5.41, 5.74) is 6.09. The van der Waals surface area contributed by atoms with Crippen LogP contribution in [-0.2, 0) is 0 Å². The van der Waals surface area contributed by atoms with E-state index in [1.807, 2.05) is 0 Å². The third kappa shape index (κ3) is 2.91. The highest BCUT2D eigenvalue weighted by molar-refractivity contribution is 8.00. The fourth-order valence-corrected chi connectivity index (χ4v) is 5.06. The molecule has 0 aromatic heterocycles. The zero-order valence-corrected chi connectivity index (χ0v) is 10.9. The van der Waals surface area contributed by atoms with Crippen molar-refractivity contribution in [2.24, 2.45) is 17.6 Å². The summed E-state index contributed by atoms with van der Waals surface area (Å²) >= 11 is 2.26. The van der Waals surface area contributed by atoms with E-state index in [0.717, 1.165) is 22.3 Å². The third-order valence-corrected chi connectivity index (χ3v) is 6.13. The first kappa shape index (κ1) is 11.8. The van der Waals surface area contributed by atoms with Gasteiger partial charge in [0.25, 0.3) is 0 Å². The van der Waals surface area contributed by atoms with Gasteiger partial charge in [-0.1, -0.05) is 26.7 Å². The Morgan fingerprint density at radius 1 is 1.07 bits per heavy atom. The van der Waals surface area contributed by atoms with Crippen molar-refractivity contribution >= 4 is 11.8 Å². The second-order valence-electron chi connectivity index (χ2n) is 5.67. The molecule has 0 bridgehead atoms. The summed E-state index contributed by atoms with van der Waals surface area (Å²) in [5.74, 6) is 1.70. The molecule has 1 nitrogen and oxygen atoms in total. The van der Waals surface area contributed by atoms with Crippen LogP contribution < -0.4 is 5.73 Å². The van der Waals surface area contributed by atoms with Crippen LogP contribution in [0.3, 0.4) is 0 Å². The van der Waals surface area contributed by atoms with E-state index >= 15 is 0 Å². The fraction of sp³-hybridized carbons (Fsp3) is 1.00. The lowest BCUT2D eigenvalue weighted by molar-refractivity contribution is 0.392. The van der Waals surface area contributed by atoms with Gasteiger partial charge in [0.2, 0.25) is 0 Å². The predicted molar refractivity (Wildman–Crippen MR) is 69.2 cm³/mol. The third-order valence-electron chi connectivity index (χ3n) is 4.30. The van der Waals surface area contributed by atoms with Crippen molar-refractivity contribution in [3.8, 4) is 0 Å². The quantitative estimate of drug-likeness (QED) is 0.782. The maximum absolute atomic E-state index is 6.09. The normalized spacial score (nSPS) is 47.0. The Kier molecular flexibility index (Phi) is 4.00. The van der Waals surface area contributed by atoms with Gasteiger partial charge in [-0.15, -0.1) is 0 Å². The summed E-state index contributed by atoms with van der Waals surface area (Å²) in [7, 11) is 0. The molecule has 0 aliphatic heterocycles.